The van der Waals surface area contributed by atoms with Gasteiger partial charge in [-0.15, -0.1) is 0 Å². The molecule has 0 spiro atoms. The van der Waals surface area contributed by atoms with Crippen molar-refractivity contribution in [2.75, 3.05) is 23.3 Å². The zero-order chi connectivity index (χ0) is 18.3. The number of hydrogen-bond acceptors (Lipinski definition) is 5. The van der Waals surface area contributed by atoms with Gasteiger partial charge in [-0.05, 0) is 23.6 Å². The molecule has 1 aliphatic rings. The van der Waals surface area contributed by atoms with Gasteiger partial charge < -0.3 is 14.8 Å². The van der Waals surface area contributed by atoms with Crippen LogP contribution < -0.4 is 10.2 Å². The summed E-state index contributed by atoms with van der Waals surface area (Å²) in [5.74, 6) is -1.22. The summed E-state index contributed by atoms with van der Waals surface area (Å²) in [6.07, 6.45) is 6.07. The molecule has 0 radical (unpaired) electrons. The average molecular weight is 358 g/mol. The van der Waals surface area contributed by atoms with Gasteiger partial charge in [-0.25, -0.2) is 23.7 Å². The fourth-order valence-corrected chi connectivity index (χ4v) is 3.16. The van der Waals surface area contributed by atoms with Gasteiger partial charge in [-0.1, -0.05) is 6.92 Å². The van der Waals surface area contributed by atoms with Gasteiger partial charge >= 0.3 is 0 Å². The highest BCUT2D eigenvalue weighted by Gasteiger charge is 2.44. The summed E-state index contributed by atoms with van der Waals surface area (Å²) in [5, 5.41) is 3.31. The predicted molar refractivity (Wildman–Crippen MR) is 96.6 cm³/mol. The van der Waals surface area contributed by atoms with Crippen LogP contribution in [0.5, 0.6) is 0 Å². The summed E-state index contributed by atoms with van der Waals surface area (Å²) in [7, 11) is 1.94. The van der Waals surface area contributed by atoms with E-state index in [1.807, 2.05) is 30.7 Å². The maximum Gasteiger partial charge on any atom is 0.282 e. The van der Waals surface area contributed by atoms with E-state index >= 15 is 0 Å². The van der Waals surface area contributed by atoms with E-state index in [0.717, 1.165) is 34.4 Å². The second-order valence-corrected chi connectivity index (χ2v) is 6.64. The third-order valence-electron chi connectivity index (χ3n) is 4.69. The third kappa shape index (κ3) is 3.07. The van der Waals surface area contributed by atoms with Crippen molar-refractivity contribution in [2.45, 2.75) is 25.8 Å². The van der Waals surface area contributed by atoms with E-state index in [1.165, 1.54) is 0 Å². The number of anilines is 2. The number of aromatic nitrogens is 4. The van der Waals surface area contributed by atoms with Crippen molar-refractivity contribution in [3.8, 4) is 0 Å². The van der Waals surface area contributed by atoms with Gasteiger partial charge in [0.15, 0.2) is 0 Å². The van der Waals surface area contributed by atoms with Crippen molar-refractivity contribution in [3.05, 3.63) is 42.0 Å². The lowest BCUT2D eigenvalue weighted by Gasteiger charge is -2.39. The number of nitrogens with one attached hydrogen (secondary N) is 1. The summed E-state index contributed by atoms with van der Waals surface area (Å²) in [4.78, 5) is 14.6. The molecule has 3 aromatic rings. The van der Waals surface area contributed by atoms with Gasteiger partial charge in [-0.3, -0.25) is 0 Å². The number of nitrogens with zero attached hydrogens (tertiary/aromatic N) is 5. The van der Waals surface area contributed by atoms with Crippen LogP contribution in [0.25, 0.3) is 11.0 Å². The van der Waals surface area contributed by atoms with Gasteiger partial charge in [-0.2, -0.15) is 0 Å². The van der Waals surface area contributed by atoms with Gasteiger partial charge in [0.05, 0.1) is 31.1 Å². The molecular formula is C18H20F2N6. The molecule has 0 amide bonds. The van der Waals surface area contributed by atoms with Crippen LogP contribution in [0, 0.1) is 0 Å². The Morgan fingerprint density at radius 1 is 1.12 bits per heavy atom. The number of aryl methyl sites for hydroxylation is 2. The molecule has 8 heteroatoms. The largest absolute Gasteiger partial charge is 0.366 e. The van der Waals surface area contributed by atoms with Crippen molar-refractivity contribution < 1.29 is 8.78 Å². The van der Waals surface area contributed by atoms with Crippen LogP contribution in [0.4, 0.5) is 20.4 Å². The molecule has 0 saturated carbocycles. The van der Waals surface area contributed by atoms with E-state index in [1.54, 1.807) is 23.6 Å². The first-order chi connectivity index (χ1) is 12.4. The molecule has 26 heavy (non-hydrogen) atoms. The number of alkyl halides is 2. The number of fused-ring (bicyclic) bond motifs is 1. The smallest absolute Gasteiger partial charge is 0.282 e. The number of hydrogen-bond donors (Lipinski definition) is 1. The average Bonchev–Trinajstić information content (AvgIpc) is 2.98. The Labute approximate surface area is 149 Å². The monoisotopic (exact) mass is 358 g/mol. The molecule has 1 N–H and O–H groups in total. The van der Waals surface area contributed by atoms with E-state index in [2.05, 4.69) is 20.3 Å². The van der Waals surface area contributed by atoms with E-state index in [0.29, 0.717) is 12.4 Å². The third-order valence-corrected chi connectivity index (χ3v) is 4.69. The summed E-state index contributed by atoms with van der Waals surface area (Å²) in [6.45, 7) is 2.11. The Balaban J connectivity index is 1.49. The Morgan fingerprint density at radius 2 is 1.92 bits per heavy atom. The molecule has 0 aliphatic carbocycles. The van der Waals surface area contributed by atoms with Crippen LogP contribution in [-0.2, 0) is 20.0 Å². The van der Waals surface area contributed by atoms with Crippen molar-refractivity contribution in [2.24, 2.45) is 7.05 Å². The lowest BCUT2D eigenvalue weighted by Crippen LogP contribution is -2.56. The molecule has 6 nitrogen and oxygen atoms in total. The maximum absolute atomic E-state index is 13.1. The van der Waals surface area contributed by atoms with Crippen LogP contribution in [0.1, 0.15) is 18.1 Å². The number of pyridine rings is 2. The zero-order valence-corrected chi connectivity index (χ0v) is 14.7. The van der Waals surface area contributed by atoms with E-state index in [4.69, 9.17) is 0 Å². The van der Waals surface area contributed by atoms with E-state index < -0.39 is 5.92 Å². The van der Waals surface area contributed by atoms with Crippen LogP contribution >= 0.6 is 0 Å². The predicted octanol–water partition coefficient (Wildman–Crippen LogP) is 2.99. The van der Waals surface area contributed by atoms with Crippen LogP contribution in [0.2, 0.25) is 0 Å². The summed E-state index contributed by atoms with van der Waals surface area (Å²) in [6, 6.07) is 3.86. The zero-order valence-electron chi connectivity index (χ0n) is 14.7. The minimum absolute atomic E-state index is 0.255. The van der Waals surface area contributed by atoms with E-state index in [-0.39, 0.29) is 13.1 Å². The first kappa shape index (κ1) is 16.7. The summed E-state index contributed by atoms with van der Waals surface area (Å²) < 4.78 is 28.1. The highest BCUT2D eigenvalue weighted by molar-refractivity contribution is 5.77. The second kappa shape index (κ2) is 6.19. The molecule has 0 bridgehead atoms. The molecule has 0 unspecified atom stereocenters. The van der Waals surface area contributed by atoms with Crippen LogP contribution in [0.3, 0.4) is 0 Å². The number of rotatable bonds is 5. The topological polar surface area (TPSA) is 58.9 Å². The molecule has 4 rings (SSSR count). The first-order valence-electron chi connectivity index (χ1n) is 8.57. The summed E-state index contributed by atoms with van der Waals surface area (Å²) in [5.41, 5.74) is 3.99. The lowest BCUT2D eigenvalue weighted by atomic mass is 10.1. The van der Waals surface area contributed by atoms with Gasteiger partial charge in [0.2, 0.25) is 0 Å². The number of halogens is 2. The summed E-state index contributed by atoms with van der Waals surface area (Å²) >= 11 is 0. The molecule has 0 aromatic carbocycles. The standard InChI is InChI=1S/C18H20F2N6/c1-3-12-4-17(26-9-18(19,20)10-26)23-7-13(12)6-21-16-5-15-14(8-22-16)24-11-25(15)2/h4-5,7-8,11H,3,6,9-10H2,1-2H3,(H,21,22). The number of imidazole rings is 1. The minimum atomic E-state index is -2.59. The molecule has 1 fully saturated rings. The van der Waals surface area contributed by atoms with Gasteiger partial charge in [0.25, 0.3) is 5.92 Å². The van der Waals surface area contributed by atoms with Gasteiger partial charge in [0, 0.05) is 25.9 Å². The fourth-order valence-electron chi connectivity index (χ4n) is 3.16. The van der Waals surface area contributed by atoms with Crippen molar-refractivity contribution in [3.63, 3.8) is 0 Å². The second-order valence-electron chi connectivity index (χ2n) is 6.64. The molecule has 1 saturated heterocycles. The van der Waals surface area contributed by atoms with E-state index in [9.17, 15) is 8.78 Å². The van der Waals surface area contributed by atoms with Crippen molar-refractivity contribution >= 4 is 22.7 Å². The molecule has 136 valence electrons. The van der Waals surface area contributed by atoms with Crippen molar-refractivity contribution in [1.29, 1.82) is 0 Å². The van der Waals surface area contributed by atoms with Gasteiger partial charge in [0.1, 0.15) is 17.2 Å². The molecule has 1 aliphatic heterocycles. The van der Waals surface area contributed by atoms with Crippen LogP contribution in [0.15, 0.2) is 30.9 Å². The first-order valence-corrected chi connectivity index (χ1v) is 8.57. The maximum atomic E-state index is 13.1. The van der Waals surface area contributed by atoms with Crippen LogP contribution in [-0.4, -0.2) is 38.5 Å². The Morgan fingerprint density at radius 3 is 2.65 bits per heavy atom. The Kier molecular flexibility index (Phi) is 3.97. The molecule has 4 heterocycles. The van der Waals surface area contributed by atoms with Crippen molar-refractivity contribution in [1.82, 2.24) is 19.5 Å². The quantitative estimate of drug-likeness (QED) is 0.760. The Bertz CT molecular complexity index is 944. The SMILES string of the molecule is CCc1cc(N2CC(F)(F)C2)ncc1CNc1cc2c(cn1)ncn2C. The minimum Gasteiger partial charge on any atom is -0.366 e. The Hall–Kier alpha value is -2.77. The highest BCUT2D eigenvalue weighted by Crippen LogP contribution is 2.31. The normalized spacial score (nSPS) is 15.9. The highest BCUT2D eigenvalue weighted by atomic mass is 19.3. The fraction of sp³-hybridized carbons (Fsp3) is 0.389. The molecule has 3 aromatic heterocycles. The lowest BCUT2D eigenvalue weighted by molar-refractivity contribution is -0.0267. The molecular weight excluding hydrogens is 338 g/mol. The molecule has 0 atom stereocenters.